The molecule has 0 bridgehead atoms. The molecule has 0 saturated heterocycles. The highest BCUT2D eigenvalue weighted by molar-refractivity contribution is 6.30. The van der Waals surface area contributed by atoms with Crippen LogP contribution in [0.2, 0.25) is 5.02 Å². The quantitative estimate of drug-likeness (QED) is 0.872. The summed E-state index contributed by atoms with van der Waals surface area (Å²) in [4.78, 5) is 19.8. The van der Waals surface area contributed by atoms with Gasteiger partial charge in [0.25, 0.3) is 5.91 Å². The molecule has 5 heteroatoms. The average Bonchev–Trinajstić information content (AvgIpc) is 2.64. The van der Waals surface area contributed by atoms with Gasteiger partial charge in [-0.25, -0.2) is 0 Å². The highest BCUT2D eigenvalue weighted by atomic mass is 35.5. The van der Waals surface area contributed by atoms with E-state index in [1.54, 1.807) is 0 Å². The summed E-state index contributed by atoms with van der Waals surface area (Å²) >= 11 is 6.11. The van der Waals surface area contributed by atoms with E-state index in [0.717, 1.165) is 54.6 Å². The second-order valence-corrected chi connectivity index (χ2v) is 8.14. The molecule has 2 heterocycles. The number of hydrogen-bond donors (Lipinski definition) is 1. The van der Waals surface area contributed by atoms with Gasteiger partial charge in [-0.1, -0.05) is 36.6 Å². The molecule has 0 unspecified atom stereocenters. The van der Waals surface area contributed by atoms with Crippen LogP contribution >= 0.6 is 11.6 Å². The maximum absolute atomic E-state index is 13.2. The summed E-state index contributed by atoms with van der Waals surface area (Å²) in [5, 5.41) is 11.1. The molecule has 1 N–H and O–H groups in total. The zero-order valence-electron chi connectivity index (χ0n) is 15.6. The molecule has 1 saturated carbocycles. The molecule has 1 aromatic carbocycles. The number of aliphatic hydroxyl groups excluding tert-OH is 1. The second kappa shape index (κ2) is 7.61. The SMILES string of the molecule is Cc1nc2c(cc1Cc1cccc(Cl)c1)C(=O)N([C@H]1CCCC[C@@H]1O)CC2. The van der Waals surface area contributed by atoms with Crippen LogP contribution in [0.15, 0.2) is 30.3 Å². The number of hydrogen-bond acceptors (Lipinski definition) is 3. The number of benzene rings is 1. The minimum absolute atomic E-state index is 0.0158. The molecule has 2 aromatic rings. The lowest BCUT2D eigenvalue weighted by atomic mass is 9.89. The number of carbonyl (C=O) groups excluding carboxylic acids is 1. The first-order valence-electron chi connectivity index (χ1n) is 9.76. The maximum atomic E-state index is 13.2. The molecule has 142 valence electrons. The molecule has 1 amide bonds. The van der Waals surface area contributed by atoms with Crippen LogP contribution in [0.4, 0.5) is 0 Å². The molecule has 2 atom stereocenters. The van der Waals surface area contributed by atoms with Crippen LogP contribution in [0.3, 0.4) is 0 Å². The van der Waals surface area contributed by atoms with Crippen LogP contribution in [0.25, 0.3) is 0 Å². The van der Waals surface area contributed by atoms with E-state index in [-0.39, 0.29) is 11.9 Å². The number of aryl methyl sites for hydroxylation is 1. The number of amides is 1. The Morgan fingerprint density at radius 3 is 2.85 bits per heavy atom. The van der Waals surface area contributed by atoms with E-state index in [1.807, 2.05) is 42.2 Å². The molecule has 1 aliphatic carbocycles. The Hall–Kier alpha value is -1.91. The number of rotatable bonds is 3. The molecular weight excluding hydrogens is 360 g/mol. The number of nitrogens with zero attached hydrogens (tertiary/aromatic N) is 2. The smallest absolute Gasteiger partial charge is 0.256 e. The zero-order chi connectivity index (χ0) is 19.0. The fraction of sp³-hybridized carbons (Fsp3) is 0.455. The summed E-state index contributed by atoms with van der Waals surface area (Å²) < 4.78 is 0. The number of pyridine rings is 1. The fourth-order valence-electron chi connectivity index (χ4n) is 4.37. The van der Waals surface area contributed by atoms with E-state index < -0.39 is 6.10 Å². The summed E-state index contributed by atoms with van der Waals surface area (Å²) in [5.74, 6) is 0.0158. The Kier molecular flexibility index (Phi) is 5.20. The first-order chi connectivity index (χ1) is 13.0. The van der Waals surface area contributed by atoms with Crippen molar-refractivity contribution in [2.45, 2.75) is 57.6 Å². The second-order valence-electron chi connectivity index (χ2n) is 7.70. The Labute approximate surface area is 165 Å². The van der Waals surface area contributed by atoms with Crippen LogP contribution in [-0.2, 0) is 12.8 Å². The highest BCUT2D eigenvalue weighted by Gasteiger charge is 2.35. The molecule has 1 aliphatic heterocycles. The molecule has 2 aliphatic rings. The number of aromatic nitrogens is 1. The summed E-state index contributed by atoms with van der Waals surface area (Å²) in [5.41, 5.74) is 4.70. The summed E-state index contributed by atoms with van der Waals surface area (Å²) in [6.07, 6.45) is 4.83. The van der Waals surface area contributed by atoms with Gasteiger partial charge in [-0.3, -0.25) is 9.78 Å². The van der Waals surface area contributed by atoms with Crippen molar-refractivity contribution in [1.29, 1.82) is 0 Å². The Balaban J connectivity index is 1.63. The van der Waals surface area contributed by atoms with Crippen molar-refractivity contribution >= 4 is 17.5 Å². The molecule has 1 fully saturated rings. The van der Waals surface area contributed by atoms with E-state index in [0.29, 0.717) is 23.6 Å². The predicted octanol–water partition coefficient (Wildman–Crippen LogP) is 3.94. The van der Waals surface area contributed by atoms with Gasteiger partial charge in [-0.2, -0.15) is 0 Å². The lowest BCUT2D eigenvalue weighted by Crippen LogP contribution is -2.51. The van der Waals surface area contributed by atoms with Crippen molar-refractivity contribution in [2.75, 3.05) is 6.54 Å². The minimum Gasteiger partial charge on any atom is -0.391 e. The van der Waals surface area contributed by atoms with E-state index in [1.165, 1.54) is 0 Å². The average molecular weight is 385 g/mol. The Morgan fingerprint density at radius 1 is 1.26 bits per heavy atom. The van der Waals surface area contributed by atoms with E-state index in [2.05, 4.69) is 0 Å². The van der Waals surface area contributed by atoms with Gasteiger partial charge in [0.15, 0.2) is 0 Å². The number of halogens is 1. The topological polar surface area (TPSA) is 53.4 Å². The van der Waals surface area contributed by atoms with Crippen molar-refractivity contribution in [2.24, 2.45) is 0 Å². The van der Waals surface area contributed by atoms with Crippen LogP contribution in [0.1, 0.15) is 58.6 Å². The third-order valence-electron chi connectivity index (χ3n) is 5.86. The van der Waals surface area contributed by atoms with Gasteiger partial charge in [0.1, 0.15) is 0 Å². The minimum atomic E-state index is -0.409. The van der Waals surface area contributed by atoms with Crippen molar-refractivity contribution < 1.29 is 9.90 Å². The summed E-state index contributed by atoms with van der Waals surface area (Å²) in [7, 11) is 0. The van der Waals surface area contributed by atoms with Gasteiger partial charge in [0.05, 0.1) is 23.4 Å². The lowest BCUT2D eigenvalue weighted by molar-refractivity contribution is 0.0160. The normalized spacial score (nSPS) is 22.6. The standard InChI is InChI=1S/C22H25ClN2O2/c1-14-16(11-15-5-4-6-17(23)12-15)13-18-19(24-14)9-10-25(22(18)27)20-7-2-3-8-21(20)26/h4-6,12-13,20-21,26H,2-3,7-11H2,1H3/t20-,21-/m0/s1. The van der Waals surface area contributed by atoms with Crippen LogP contribution in [0.5, 0.6) is 0 Å². The van der Waals surface area contributed by atoms with Gasteiger partial charge < -0.3 is 10.0 Å². The van der Waals surface area contributed by atoms with Crippen molar-refractivity contribution in [1.82, 2.24) is 9.88 Å². The summed E-state index contributed by atoms with van der Waals surface area (Å²) in [6.45, 7) is 2.65. The van der Waals surface area contributed by atoms with Crippen LogP contribution in [-0.4, -0.2) is 39.6 Å². The number of carbonyl (C=O) groups is 1. The molecule has 4 rings (SSSR count). The fourth-order valence-corrected chi connectivity index (χ4v) is 4.59. The van der Waals surface area contributed by atoms with Gasteiger partial charge in [-0.05, 0) is 55.5 Å². The highest BCUT2D eigenvalue weighted by Crippen LogP contribution is 2.29. The van der Waals surface area contributed by atoms with E-state index >= 15 is 0 Å². The number of aliphatic hydroxyl groups is 1. The molecular formula is C22H25ClN2O2. The maximum Gasteiger partial charge on any atom is 0.256 e. The van der Waals surface area contributed by atoms with Crippen LogP contribution in [0, 0.1) is 6.92 Å². The molecule has 0 radical (unpaired) electrons. The molecule has 0 spiro atoms. The third kappa shape index (κ3) is 3.74. The largest absolute Gasteiger partial charge is 0.391 e. The zero-order valence-corrected chi connectivity index (χ0v) is 16.4. The monoisotopic (exact) mass is 384 g/mol. The third-order valence-corrected chi connectivity index (χ3v) is 6.09. The number of fused-ring (bicyclic) bond motifs is 1. The van der Waals surface area contributed by atoms with Crippen molar-refractivity contribution in [3.05, 3.63) is 63.4 Å². The molecule has 4 nitrogen and oxygen atoms in total. The van der Waals surface area contributed by atoms with Gasteiger partial charge in [0.2, 0.25) is 0 Å². The van der Waals surface area contributed by atoms with E-state index in [4.69, 9.17) is 16.6 Å². The molecule has 27 heavy (non-hydrogen) atoms. The summed E-state index contributed by atoms with van der Waals surface area (Å²) in [6, 6.07) is 9.74. The predicted molar refractivity (Wildman–Crippen MR) is 106 cm³/mol. The van der Waals surface area contributed by atoms with Crippen molar-refractivity contribution in [3.8, 4) is 0 Å². The van der Waals surface area contributed by atoms with Gasteiger partial charge in [0, 0.05) is 23.7 Å². The van der Waals surface area contributed by atoms with E-state index in [9.17, 15) is 9.90 Å². The lowest BCUT2D eigenvalue weighted by Gasteiger charge is -2.40. The molecule has 1 aromatic heterocycles. The first-order valence-corrected chi connectivity index (χ1v) is 10.1. The van der Waals surface area contributed by atoms with Gasteiger partial charge >= 0.3 is 0 Å². The first kappa shape index (κ1) is 18.5. The van der Waals surface area contributed by atoms with Gasteiger partial charge in [-0.15, -0.1) is 0 Å². The Bertz CT molecular complexity index is 867. The Morgan fingerprint density at radius 2 is 2.07 bits per heavy atom. The van der Waals surface area contributed by atoms with Crippen molar-refractivity contribution in [3.63, 3.8) is 0 Å². The van der Waals surface area contributed by atoms with Crippen LogP contribution < -0.4 is 0 Å².